The van der Waals surface area contributed by atoms with Gasteiger partial charge in [0.15, 0.2) is 0 Å². The van der Waals surface area contributed by atoms with Gasteiger partial charge in [-0.3, -0.25) is 14.4 Å². The molecule has 4 heterocycles. The molecule has 0 unspecified atom stereocenters. The first-order valence-electron chi connectivity index (χ1n) is 10.6. The Balaban J connectivity index is 1.26. The number of carbonyl (C=O) groups is 1. The van der Waals surface area contributed by atoms with Crippen molar-refractivity contribution in [2.75, 3.05) is 18.4 Å². The highest BCUT2D eigenvalue weighted by Crippen LogP contribution is 2.33. The van der Waals surface area contributed by atoms with E-state index in [0.717, 1.165) is 44.1 Å². The monoisotopic (exact) mass is 405 g/mol. The average Bonchev–Trinajstić information content (AvgIpc) is 3.44. The third kappa shape index (κ3) is 3.63. The van der Waals surface area contributed by atoms with E-state index in [2.05, 4.69) is 45.6 Å². The maximum atomic E-state index is 12.7. The Morgan fingerprint density at radius 1 is 1.13 bits per heavy atom. The molecule has 0 saturated carbocycles. The van der Waals surface area contributed by atoms with Gasteiger partial charge in [0.25, 0.3) is 5.91 Å². The summed E-state index contributed by atoms with van der Waals surface area (Å²) in [7, 11) is 0. The van der Waals surface area contributed by atoms with Crippen LogP contribution >= 0.6 is 0 Å². The van der Waals surface area contributed by atoms with Crippen molar-refractivity contribution < 1.29 is 4.79 Å². The second-order valence-electron chi connectivity index (χ2n) is 8.71. The van der Waals surface area contributed by atoms with Crippen molar-refractivity contribution in [2.45, 2.75) is 39.4 Å². The zero-order valence-electron chi connectivity index (χ0n) is 17.4. The molecule has 8 nitrogen and oxygen atoms in total. The molecule has 1 fully saturated rings. The number of carbonyl (C=O) groups excluding carboxylic acids is 1. The smallest absolute Gasteiger partial charge is 0.293 e. The summed E-state index contributed by atoms with van der Waals surface area (Å²) in [6, 6.07) is 9.85. The van der Waals surface area contributed by atoms with Crippen molar-refractivity contribution in [3.8, 4) is 0 Å². The number of para-hydroxylation sites is 1. The second kappa shape index (κ2) is 7.68. The number of nitrogens with zero attached hydrogens (tertiary/aromatic N) is 6. The molecule has 8 heteroatoms. The van der Waals surface area contributed by atoms with E-state index in [1.807, 2.05) is 45.8 Å². The number of rotatable bonds is 5. The Morgan fingerprint density at radius 2 is 1.93 bits per heavy atom. The first kappa shape index (κ1) is 19.0. The van der Waals surface area contributed by atoms with Crippen molar-refractivity contribution in [2.24, 2.45) is 11.8 Å². The van der Waals surface area contributed by atoms with E-state index in [1.165, 1.54) is 5.56 Å². The Bertz CT molecular complexity index is 1040. The molecule has 0 spiro atoms. The van der Waals surface area contributed by atoms with Gasteiger partial charge in [0.1, 0.15) is 5.82 Å². The van der Waals surface area contributed by atoms with Crippen molar-refractivity contribution in [1.29, 1.82) is 0 Å². The van der Waals surface area contributed by atoms with Crippen LogP contribution in [0.25, 0.3) is 0 Å². The zero-order valence-corrected chi connectivity index (χ0v) is 17.4. The largest absolute Gasteiger partial charge is 0.319 e. The third-order valence-corrected chi connectivity index (χ3v) is 6.17. The van der Waals surface area contributed by atoms with Crippen LogP contribution in [0.5, 0.6) is 0 Å². The molecule has 2 aromatic heterocycles. The van der Waals surface area contributed by atoms with Crippen molar-refractivity contribution in [3.63, 3.8) is 0 Å². The van der Waals surface area contributed by atoms with Gasteiger partial charge in [0, 0.05) is 56.1 Å². The van der Waals surface area contributed by atoms with Crippen molar-refractivity contribution in [1.82, 2.24) is 29.4 Å². The van der Waals surface area contributed by atoms with E-state index in [4.69, 9.17) is 0 Å². The van der Waals surface area contributed by atoms with E-state index >= 15 is 0 Å². The second-order valence-corrected chi connectivity index (χ2v) is 8.71. The predicted molar refractivity (Wildman–Crippen MR) is 113 cm³/mol. The number of benzene rings is 1. The minimum atomic E-state index is -0.200. The van der Waals surface area contributed by atoms with Gasteiger partial charge in [-0.2, -0.15) is 5.10 Å². The number of likely N-dealkylation sites (tertiary alicyclic amines) is 1. The lowest BCUT2D eigenvalue weighted by molar-refractivity contribution is 0.100. The number of anilines is 1. The van der Waals surface area contributed by atoms with E-state index in [-0.39, 0.29) is 5.91 Å². The Kier molecular flexibility index (Phi) is 4.86. The molecule has 1 amide bonds. The fourth-order valence-corrected chi connectivity index (χ4v) is 4.63. The van der Waals surface area contributed by atoms with Crippen LogP contribution in [0.1, 0.15) is 41.9 Å². The van der Waals surface area contributed by atoms with Crippen LogP contribution in [0.2, 0.25) is 0 Å². The molecule has 2 aliphatic rings. The molecular weight excluding hydrogens is 378 g/mol. The number of hydrogen-bond acceptors (Lipinski definition) is 5. The summed E-state index contributed by atoms with van der Waals surface area (Å²) in [4.78, 5) is 15.2. The lowest BCUT2D eigenvalue weighted by atomic mass is 9.89. The van der Waals surface area contributed by atoms with E-state index in [1.54, 1.807) is 0 Å². The van der Waals surface area contributed by atoms with E-state index in [9.17, 15) is 4.79 Å². The molecule has 1 aromatic carbocycles. The molecule has 1 N–H and O–H groups in total. The van der Waals surface area contributed by atoms with Crippen LogP contribution in [0.4, 0.5) is 5.69 Å². The Morgan fingerprint density at radius 3 is 2.70 bits per heavy atom. The van der Waals surface area contributed by atoms with Crippen LogP contribution in [-0.4, -0.2) is 48.4 Å². The summed E-state index contributed by atoms with van der Waals surface area (Å²) < 4.78 is 4.02. The molecule has 30 heavy (non-hydrogen) atoms. The van der Waals surface area contributed by atoms with Crippen LogP contribution < -0.4 is 5.32 Å². The fraction of sp³-hybridized carbons (Fsp3) is 0.455. The van der Waals surface area contributed by atoms with Gasteiger partial charge < -0.3 is 9.88 Å². The summed E-state index contributed by atoms with van der Waals surface area (Å²) in [5.74, 6) is 2.20. The van der Waals surface area contributed by atoms with Gasteiger partial charge in [-0.15, -0.1) is 10.2 Å². The summed E-state index contributed by atoms with van der Waals surface area (Å²) >= 11 is 0. The highest BCUT2D eigenvalue weighted by Gasteiger charge is 2.39. The topological polar surface area (TPSA) is 80.9 Å². The predicted octanol–water partition coefficient (Wildman–Crippen LogP) is 2.61. The normalized spacial score (nSPS) is 20.9. The molecule has 1 saturated heterocycles. The minimum Gasteiger partial charge on any atom is -0.319 e. The number of hydrogen-bond donors (Lipinski definition) is 1. The number of amides is 1. The number of fused-ring (bicyclic) bond motifs is 2. The molecule has 0 bridgehead atoms. The molecule has 0 aliphatic carbocycles. The average molecular weight is 406 g/mol. The lowest BCUT2D eigenvalue weighted by Crippen LogP contribution is -2.31. The number of nitrogens with one attached hydrogen (secondary N) is 1. The third-order valence-electron chi connectivity index (χ3n) is 6.17. The van der Waals surface area contributed by atoms with Gasteiger partial charge >= 0.3 is 0 Å². The molecule has 0 radical (unpaired) electrons. The molecular formula is C22H27N7O. The molecule has 2 aliphatic heterocycles. The maximum absolute atomic E-state index is 12.7. The van der Waals surface area contributed by atoms with Gasteiger partial charge in [-0.1, -0.05) is 18.2 Å². The zero-order chi connectivity index (χ0) is 20.7. The lowest BCUT2D eigenvalue weighted by Gasteiger charge is -2.25. The van der Waals surface area contributed by atoms with E-state index in [0.29, 0.717) is 23.7 Å². The van der Waals surface area contributed by atoms with Gasteiger partial charge in [-0.25, -0.2) is 0 Å². The summed E-state index contributed by atoms with van der Waals surface area (Å²) in [6.45, 7) is 8.07. The summed E-state index contributed by atoms with van der Waals surface area (Å²) in [6.07, 6.45) is 4.99. The van der Waals surface area contributed by atoms with Gasteiger partial charge in [-0.05, 0) is 37.8 Å². The summed E-state index contributed by atoms with van der Waals surface area (Å²) in [5, 5.41) is 15.9. The minimum absolute atomic E-state index is 0.200. The summed E-state index contributed by atoms with van der Waals surface area (Å²) in [5.41, 5.74) is 2.02. The quantitative estimate of drug-likeness (QED) is 0.706. The van der Waals surface area contributed by atoms with Crippen LogP contribution in [-0.2, 0) is 19.5 Å². The fourth-order valence-electron chi connectivity index (χ4n) is 4.63. The molecule has 2 atom stereocenters. The highest BCUT2D eigenvalue weighted by atomic mass is 16.2. The Hall–Kier alpha value is -3.00. The van der Waals surface area contributed by atoms with Crippen molar-refractivity contribution in [3.05, 3.63) is 59.9 Å². The maximum Gasteiger partial charge on any atom is 0.293 e. The van der Waals surface area contributed by atoms with Gasteiger partial charge in [0.2, 0.25) is 5.82 Å². The van der Waals surface area contributed by atoms with Crippen LogP contribution in [0, 0.1) is 11.8 Å². The first-order valence-corrected chi connectivity index (χ1v) is 10.6. The highest BCUT2D eigenvalue weighted by molar-refractivity contribution is 6.01. The molecule has 3 aromatic rings. The standard InChI is InChI=1S/C22H27N7O/c1-15(2)29-11-16(9-23-29)10-27-12-17-8-20-25-26-21(28(20)14-18(17)13-27)22(30)24-19-6-4-3-5-7-19/h3-7,9,11,15,17-18H,8,10,12-14H2,1-2H3,(H,24,30)/t17-,18+/m1/s1. The van der Waals surface area contributed by atoms with E-state index < -0.39 is 0 Å². The molecule has 156 valence electrons. The first-order chi connectivity index (χ1) is 14.6. The van der Waals surface area contributed by atoms with Crippen molar-refractivity contribution >= 4 is 11.6 Å². The van der Waals surface area contributed by atoms with Crippen LogP contribution in [0.3, 0.4) is 0 Å². The Labute approximate surface area is 175 Å². The van der Waals surface area contributed by atoms with Crippen LogP contribution in [0.15, 0.2) is 42.7 Å². The number of aromatic nitrogens is 5. The molecule has 5 rings (SSSR count). The SMILES string of the molecule is CC(C)n1cc(CN2C[C@H]3Cc4nnc(C(=O)Nc5ccccc5)n4C[C@@H]3C2)cn1. The van der Waals surface area contributed by atoms with Gasteiger partial charge in [0.05, 0.1) is 6.20 Å².